The van der Waals surface area contributed by atoms with Crippen molar-refractivity contribution in [1.82, 2.24) is 4.72 Å². The van der Waals surface area contributed by atoms with Crippen LogP contribution in [0.2, 0.25) is 0 Å². The Balaban J connectivity index is 1.92. The molecule has 0 saturated heterocycles. The molecule has 2 aromatic carbocycles. The van der Waals surface area contributed by atoms with Crippen LogP contribution in [0.4, 0.5) is 5.69 Å². The van der Waals surface area contributed by atoms with Gasteiger partial charge in [0.05, 0.1) is 4.90 Å². The maximum Gasteiger partial charge on any atom is 0.241 e. The Morgan fingerprint density at radius 2 is 1.81 bits per heavy atom. The molecule has 0 radical (unpaired) electrons. The zero-order valence-electron chi connectivity index (χ0n) is 16.0. The number of aryl methyl sites for hydroxylation is 1. The first kappa shape index (κ1) is 19.6. The lowest BCUT2D eigenvalue weighted by Crippen LogP contribution is -2.34. The number of benzene rings is 2. The molecule has 1 amide bonds. The number of fused-ring (bicyclic) bond motifs is 1. The summed E-state index contributed by atoms with van der Waals surface area (Å²) >= 11 is 0. The van der Waals surface area contributed by atoms with Crippen molar-refractivity contribution >= 4 is 21.6 Å². The summed E-state index contributed by atoms with van der Waals surface area (Å²) in [5, 5.41) is 0. The van der Waals surface area contributed by atoms with Gasteiger partial charge in [-0.1, -0.05) is 44.2 Å². The summed E-state index contributed by atoms with van der Waals surface area (Å²) in [6, 6.07) is 14.3. The fourth-order valence-electron chi connectivity index (χ4n) is 3.55. The number of carbonyl (C=O) groups is 1. The fraction of sp³-hybridized carbons (Fsp3) is 0.381. The van der Waals surface area contributed by atoms with Gasteiger partial charge in [0.1, 0.15) is 0 Å². The van der Waals surface area contributed by atoms with Crippen molar-refractivity contribution in [2.75, 3.05) is 11.4 Å². The summed E-state index contributed by atoms with van der Waals surface area (Å²) in [4.78, 5) is 13.8. The Hall–Kier alpha value is -2.18. The van der Waals surface area contributed by atoms with E-state index in [1.54, 1.807) is 23.1 Å². The number of sulfonamides is 1. The quantitative estimate of drug-likeness (QED) is 0.853. The Kier molecular flexibility index (Phi) is 5.67. The lowest BCUT2D eigenvalue weighted by molar-refractivity contribution is -0.116. The number of nitrogens with zero attached hydrogens (tertiary/aromatic N) is 1. The smallest absolute Gasteiger partial charge is 0.241 e. The van der Waals surface area contributed by atoms with Crippen LogP contribution in [0.25, 0.3) is 0 Å². The van der Waals surface area contributed by atoms with Gasteiger partial charge in [-0.05, 0) is 48.1 Å². The predicted octanol–water partition coefficient (Wildman–Crippen LogP) is 3.66. The molecule has 1 unspecified atom stereocenters. The number of amides is 1. The molecule has 1 N–H and O–H groups in total. The molecule has 0 aromatic heterocycles. The SMILES string of the molecule is CC(=O)N1CCCc2cc(S(=O)(=O)NC(c3ccccc3)C(C)C)ccc21. The van der Waals surface area contributed by atoms with E-state index in [4.69, 9.17) is 0 Å². The maximum atomic E-state index is 13.0. The van der Waals surface area contributed by atoms with E-state index in [9.17, 15) is 13.2 Å². The molecule has 0 aliphatic carbocycles. The molecule has 27 heavy (non-hydrogen) atoms. The standard InChI is InChI=1S/C21H26N2O3S/c1-15(2)21(17-8-5-4-6-9-17)22-27(25,26)19-11-12-20-18(14-19)10-7-13-23(20)16(3)24/h4-6,8-9,11-12,14-15,21-22H,7,10,13H2,1-3H3. The topological polar surface area (TPSA) is 66.5 Å². The highest BCUT2D eigenvalue weighted by atomic mass is 32.2. The van der Waals surface area contributed by atoms with Crippen LogP contribution < -0.4 is 9.62 Å². The van der Waals surface area contributed by atoms with Crippen molar-refractivity contribution in [1.29, 1.82) is 0 Å². The number of carbonyl (C=O) groups excluding carboxylic acids is 1. The minimum atomic E-state index is -3.68. The monoisotopic (exact) mass is 386 g/mol. The van der Waals surface area contributed by atoms with Crippen molar-refractivity contribution in [3.63, 3.8) is 0 Å². The maximum absolute atomic E-state index is 13.0. The summed E-state index contributed by atoms with van der Waals surface area (Å²) < 4.78 is 28.9. The van der Waals surface area contributed by atoms with E-state index in [0.717, 1.165) is 29.7 Å². The minimum Gasteiger partial charge on any atom is -0.312 e. The van der Waals surface area contributed by atoms with Gasteiger partial charge in [0.2, 0.25) is 15.9 Å². The lowest BCUT2D eigenvalue weighted by atomic mass is 9.97. The Labute approximate surface area is 161 Å². The Bertz CT molecular complexity index is 924. The first-order valence-corrected chi connectivity index (χ1v) is 10.8. The highest BCUT2D eigenvalue weighted by Gasteiger charge is 2.26. The lowest BCUT2D eigenvalue weighted by Gasteiger charge is -2.29. The normalized spacial score (nSPS) is 15.5. The summed E-state index contributed by atoms with van der Waals surface area (Å²) in [7, 11) is -3.68. The Morgan fingerprint density at radius 3 is 2.44 bits per heavy atom. The number of nitrogens with one attached hydrogen (secondary N) is 1. The highest BCUT2D eigenvalue weighted by Crippen LogP contribution is 2.30. The van der Waals surface area contributed by atoms with Crippen LogP contribution in [0.5, 0.6) is 0 Å². The largest absolute Gasteiger partial charge is 0.312 e. The molecule has 6 heteroatoms. The third-order valence-electron chi connectivity index (χ3n) is 4.97. The number of anilines is 1. The van der Waals surface area contributed by atoms with E-state index >= 15 is 0 Å². The van der Waals surface area contributed by atoms with Crippen molar-refractivity contribution in [3.05, 3.63) is 59.7 Å². The third-order valence-corrected chi connectivity index (χ3v) is 6.41. The van der Waals surface area contributed by atoms with Gasteiger partial charge in [0.15, 0.2) is 0 Å². The Morgan fingerprint density at radius 1 is 1.11 bits per heavy atom. The molecule has 2 aromatic rings. The molecule has 3 rings (SSSR count). The number of hydrogen-bond donors (Lipinski definition) is 1. The number of hydrogen-bond acceptors (Lipinski definition) is 3. The van der Waals surface area contributed by atoms with Crippen molar-refractivity contribution in [2.24, 2.45) is 5.92 Å². The summed E-state index contributed by atoms with van der Waals surface area (Å²) in [5.41, 5.74) is 2.66. The van der Waals surface area contributed by atoms with Gasteiger partial charge < -0.3 is 4.90 Å². The van der Waals surface area contributed by atoms with Crippen LogP contribution in [0, 0.1) is 5.92 Å². The van der Waals surface area contributed by atoms with Gasteiger partial charge in [-0.15, -0.1) is 0 Å². The second kappa shape index (κ2) is 7.82. The zero-order valence-corrected chi connectivity index (χ0v) is 16.8. The molecule has 0 bridgehead atoms. The molecule has 1 aliphatic heterocycles. The summed E-state index contributed by atoms with van der Waals surface area (Å²) in [5.74, 6) is 0.0849. The van der Waals surface area contributed by atoms with E-state index in [0.29, 0.717) is 6.54 Å². The van der Waals surface area contributed by atoms with E-state index < -0.39 is 10.0 Å². The molecular formula is C21H26N2O3S. The van der Waals surface area contributed by atoms with Gasteiger partial charge in [0, 0.05) is 25.2 Å². The van der Waals surface area contributed by atoms with E-state index in [2.05, 4.69) is 4.72 Å². The fourth-order valence-corrected chi connectivity index (χ4v) is 4.98. The third kappa shape index (κ3) is 4.22. The van der Waals surface area contributed by atoms with Crippen LogP contribution in [0.15, 0.2) is 53.4 Å². The highest BCUT2D eigenvalue weighted by molar-refractivity contribution is 7.89. The molecule has 0 saturated carbocycles. The van der Waals surface area contributed by atoms with Crippen LogP contribution >= 0.6 is 0 Å². The zero-order chi connectivity index (χ0) is 19.6. The number of rotatable bonds is 5. The molecule has 1 aliphatic rings. The van der Waals surface area contributed by atoms with Crippen LogP contribution in [-0.4, -0.2) is 20.9 Å². The molecule has 0 fully saturated rings. The van der Waals surface area contributed by atoms with Gasteiger partial charge in [-0.3, -0.25) is 4.79 Å². The molecule has 0 spiro atoms. The molecule has 1 atom stereocenters. The molecule has 5 nitrogen and oxygen atoms in total. The van der Waals surface area contributed by atoms with E-state index in [1.807, 2.05) is 44.2 Å². The average molecular weight is 387 g/mol. The van der Waals surface area contributed by atoms with Crippen LogP contribution in [-0.2, 0) is 21.2 Å². The van der Waals surface area contributed by atoms with Gasteiger partial charge in [0.25, 0.3) is 0 Å². The average Bonchev–Trinajstić information content (AvgIpc) is 2.65. The first-order chi connectivity index (χ1) is 12.8. The molecular weight excluding hydrogens is 360 g/mol. The van der Waals surface area contributed by atoms with E-state index in [-0.39, 0.29) is 22.8 Å². The van der Waals surface area contributed by atoms with Crippen LogP contribution in [0.1, 0.15) is 44.4 Å². The van der Waals surface area contributed by atoms with Crippen molar-refractivity contribution < 1.29 is 13.2 Å². The second-order valence-electron chi connectivity index (χ2n) is 7.32. The first-order valence-electron chi connectivity index (χ1n) is 9.28. The minimum absolute atomic E-state index is 0.0198. The summed E-state index contributed by atoms with van der Waals surface area (Å²) in [6.45, 7) is 6.21. The van der Waals surface area contributed by atoms with Crippen LogP contribution in [0.3, 0.4) is 0 Å². The second-order valence-corrected chi connectivity index (χ2v) is 9.03. The molecule has 144 valence electrons. The molecule has 1 heterocycles. The van der Waals surface area contributed by atoms with Gasteiger partial charge in [-0.2, -0.15) is 0 Å². The summed E-state index contributed by atoms with van der Waals surface area (Å²) in [6.07, 6.45) is 1.61. The van der Waals surface area contributed by atoms with Crippen molar-refractivity contribution in [3.8, 4) is 0 Å². The van der Waals surface area contributed by atoms with Gasteiger partial charge in [-0.25, -0.2) is 13.1 Å². The van der Waals surface area contributed by atoms with Gasteiger partial charge >= 0.3 is 0 Å². The van der Waals surface area contributed by atoms with Crippen molar-refractivity contribution in [2.45, 2.75) is 44.6 Å². The predicted molar refractivity (Wildman–Crippen MR) is 107 cm³/mol. The van der Waals surface area contributed by atoms with E-state index in [1.165, 1.54) is 6.92 Å².